The third kappa shape index (κ3) is 5.37. The zero-order valence-corrected chi connectivity index (χ0v) is 20.4. The summed E-state index contributed by atoms with van der Waals surface area (Å²) in [6.07, 6.45) is 8.47. The van der Waals surface area contributed by atoms with Gasteiger partial charge in [-0.25, -0.2) is 8.78 Å². The van der Waals surface area contributed by atoms with Gasteiger partial charge in [0, 0.05) is 47.7 Å². The molecule has 5 rings (SSSR count). The van der Waals surface area contributed by atoms with Crippen molar-refractivity contribution in [1.29, 1.82) is 0 Å². The molecular formula is C27H32F2N4O2. The van der Waals surface area contributed by atoms with E-state index in [1.54, 1.807) is 0 Å². The summed E-state index contributed by atoms with van der Waals surface area (Å²) in [4.78, 5) is 11.0. The normalized spacial score (nSPS) is 17.9. The van der Waals surface area contributed by atoms with E-state index in [2.05, 4.69) is 35.4 Å². The summed E-state index contributed by atoms with van der Waals surface area (Å²) in [5.74, 6) is -0.641. The summed E-state index contributed by atoms with van der Waals surface area (Å²) in [5, 5.41) is 8.00. The number of hydrogen-bond donors (Lipinski definition) is 1. The van der Waals surface area contributed by atoms with E-state index < -0.39 is 11.6 Å². The molecule has 6 nitrogen and oxygen atoms in total. The van der Waals surface area contributed by atoms with Crippen LogP contribution < -0.4 is 15.0 Å². The Kier molecular flexibility index (Phi) is 7.80. The number of halogens is 2. The molecule has 3 aromatic rings. The van der Waals surface area contributed by atoms with Crippen LogP contribution in [0.4, 0.5) is 14.5 Å². The molecule has 0 radical (unpaired) electrons. The van der Waals surface area contributed by atoms with Crippen LogP contribution in [0.5, 0.6) is 11.5 Å². The number of aldehydes is 1. The standard InChI is InChI=1S/C25H28F2N4O.C2H4O/c1-16-3-5-21-23(30(16)2)8-6-20(25(21)32-24-13-18(26)4-7-22(24)27)17-14-29-31(15-17)19-9-11-28-12-10-19;1-2-3/h4,6-8,13-16,19,28H,3,5,9-12H2,1-2H3;2H,1H3. The van der Waals surface area contributed by atoms with Gasteiger partial charge in [0.2, 0.25) is 0 Å². The summed E-state index contributed by atoms with van der Waals surface area (Å²) in [5.41, 5.74) is 3.83. The van der Waals surface area contributed by atoms with Crippen LogP contribution in [0.25, 0.3) is 11.1 Å². The Morgan fingerprint density at radius 2 is 1.89 bits per heavy atom. The summed E-state index contributed by atoms with van der Waals surface area (Å²) in [6.45, 7) is 5.60. The van der Waals surface area contributed by atoms with Crippen molar-refractivity contribution in [2.75, 3.05) is 25.0 Å². The number of hydrogen-bond acceptors (Lipinski definition) is 5. The van der Waals surface area contributed by atoms with E-state index in [0.717, 1.165) is 85.6 Å². The fourth-order valence-electron chi connectivity index (χ4n) is 4.73. The van der Waals surface area contributed by atoms with Crippen molar-refractivity contribution < 1.29 is 18.3 Å². The van der Waals surface area contributed by atoms with E-state index in [1.807, 2.05) is 23.1 Å². The van der Waals surface area contributed by atoms with Crippen LogP contribution in [0.15, 0.2) is 42.7 Å². The van der Waals surface area contributed by atoms with Crippen LogP contribution in [0, 0.1) is 11.6 Å². The van der Waals surface area contributed by atoms with Crippen molar-refractivity contribution in [3.8, 4) is 22.6 Å². The zero-order valence-electron chi connectivity index (χ0n) is 20.4. The molecule has 2 aliphatic rings. The second-order valence-corrected chi connectivity index (χ2v) is 9.04. The van der Waals surface area contributed by atoms with Crippen molar-refractivity contribution in [1.82, 2.24) is 15.1 Å². The molecule has 0 bridgehead atoms. The Morgan fingerprint density at radius 3 is 2.63 bits per heavy atom. The van der Waals surface area contributed by atoms with Crippen molar-refractivity contribution in [3.05, 3.63) is 59.9 Å². The molecule has 3 heterocycles. The minimum Gasteiger partial charge on any atom is -0.453 e. The molecule has 1 aromatic heterocycles. The number of benzene rings is 2. The highest BCUT2D eigenvalue weighted by Crippen LogP contribution is 2.44. The Bertz CT molecular complexity index is 1170. The lowest BCUT2D eigenvalue weighted by atomic mass is 9.92. The van der Waals surface area contributed by atoms with Crippen LogP contribution in [-0.4, -0.2) is 42.2 Å². The van der Waals surface area contributed by atoms with Crippen LogP contribution in [0.1, 0.15) is 44.7 Å². The van der Waals surface area contributed by atoms with Crippen molar-refractivity contribution in [2.24, 2.45) is 0 Å². The molecule has 1 atom stereocenters. The van der Waals surface area contributed by atoms with Gasteiger partial charge >= 0.3 is 0 Å². The summed E-state index contributed by atoms with van der Waals surface area (Å²) < 4.78 is 36.5. The number of carbonyl (C=O) groups is 1. The molecule has 0 aliphatic carbocycles. The SMILES string of the molecule is CC1CCc2c(ccc(-c3cnn(C4CCNCC4)c3)c2Oc2cc(F)ccc2F)N1C.CC=O. The smallest absolute Gasteiger partial charge is 0.166 e. The first-order valence-corrected chi connectivity index (χ1v) is 12.1. The van der Waals surface area contributed by atoms with E-state index in [9.17, 15) is 8.78 Å². The number of ether oxygens (including phenoxy) is 1. The highest BCUT2D eigenvalue weighted by atomic mass is 19.1. The average molecular weight is 483 g/mol. The Labute approximate surface area is 204 Å². The molecule has 1 saturated heterocycles. The highest BCUT2D eigenvalue weighted by Gasteiger charge is 2.27. The average Bonchev–Trinajstić information content (AvgIpc) is 3.35. The lowest BCUT2D eigenvalue weighted by Gasteiger charge is -2.35. The quantitative estimate of drug-likeness (QED) is 0.496. The Balaban J connectivity index is 0.000000917. The molecule has 2 aromatic carbocycles. The van der Waals surface area contributed by atoms with Crippen molar-refractivity contribution in [2.45, 2.75) is 51.6 Å². The van der Waals surface area contributed by atoms with E-state index in [4.69, 9.17) is 9.53 Å². The fourth-order valence-corrected chi connectivity index (χ4v) is 4.73. The van der Waals surface area contributed by atoms with Gasteiger partial charge in [0.25, 0.3) is 0 Å². The minimum absolute atomic E-state index is 0.105. The van der Waals surface area contributed by atoms with Crippen LogP contribution in [0.3, 0.4) is 0 Å². The number of fused-ring (bicyclic) bond motifs is 1. The summed E-state index contributed by atoms with van der Waals surface area (Å²) >= 11 is 0. The van der Waals surface area contributed by atoms with Gasteiger partial charge in [-0.3, -0.25) is 4.68 Å². The van der Waals surface area contributed by atoms with Gasteiger partial charge in [-0.2, -0.15) is 5.10 Å². The maximum atomic E-state index is 14.5. The van der Waals surface area contributed by atoms with E-state index in [0.29, 0.717) is 17.8 Å². The number of piperidine rings is 1. The van der Waals surface area contributed by atoms with E-state index in [1.165, 1.54) is 6.92 Å². The zero-order chi connectivity index (χ0) is 24.9. The molecule has 1 N–H and O–H groups in total. The molecule has 186 valence electrons. The highest BCUT2D eigenvalue weighted by molar-refractivity contribution is 5.78. The van der Waals surface area contributed by atoms with Crippen LogP contribution >= 0.6 is 0 Å². The Hall–Kier alpha value is -3.26. The van der Waals surface area contributed by atoms with Gasteiger partial charge in [-0.1, -0.05) is 0 Å². The van der Waals surface area contributed by atoms with Gasteiger partial charge < -0.3 is 19.7 Å². The van der Waals surface area contributed by atoms with Gasteiger partial charge in [0.15, 0.2) is 11.6 Å². The number of rotatable bonds is 4. The molecule has 0 amide bonds. The first kappa shape index (κ1) is 24.9. The topological polar surface area (TPSA) is 59.4 Å². The first-order valence-electron chi connectivity index (χ1n) is 12.1. The first-order chi connectivity index (χ1) is 16.9. The predicted molar refractivity (Wildman–Crippen MR) is 133 cm³/mol. The number of anilines is 1. The number of nitrogens with zero attached hydrogens (tertiary/aromatic N) is 3. The number of aromatic nitrogens is 2. The van der Waals surface area contributed by atoms with E-state index >= 15 is 0 Å². The second-order valence-electron chi connectivity index (χ2n) is 9.04. The van der Waals surface area contributed by atoms with Gasteiger partial charge in [0.05, 0.1) is 12.2 Å². The van der Waals surface area contributed by atoms with Gasteiger partial charge in [-0.05, 0) is 76.9 Å². The monoisotopic (exact) mass is 482 g/mol. The Morgan fingerprint density at radius 1 is 1.14 bits per heavy atom. The lowest BCUT2D eigenvalue weighted by Crippen LogP contribution is -2.33. The summed E-state index contributed by atoms with van der Waals surface area (Å²) in [6, 6.07) is 8.16. The molecule has 0 saturated carbocycles. The molecule has 0 spiro atoms. The number of carbonyl (C=O) groups excluding carboxylic acids is 1. The molecular weight excluding hydrogens is 450 g/mol. The second kappa shape index (κ2) is 11.0. The largest absolute Gasteiger partial charge is 0.453 e. The van der Waals surface area contributed by atoms with E-state index in [-0.39, 0.29) is 5.75 Å². The molecule has 8 heteroatoms. The van der Waals surface area contributed by atoms with Gasteiger partial charge in [0.1, 0.15) is 17.9 Å². The molecule has 1 unspecified atom stereocenters. The molecule has 1 fully saturated rings. The van der Waals surface area contributed by atoms with Crippen molar-refractivity contribution >= 4 is 12.0 Å². The van der Waals surface area contributed by atoms with Gasteiger partial charge in [-0.15, -0.1) is 0 Å². The number of nitrogens with one attached hydrogen (secondary N) is 1. The van der Waals surface area contributed by atoms with Crippen molar-refractivity contribution in [3.63, 3.8) is 0 Å². The lowest BCUT2D eigenvalue weighted by molar-refractivity contribution is -0.106. The minimum atomic E-state index is -0.585. The molecule has 35 heavy (non-hydrogen) atoms. The fraction of sp³-hybridized carbons (Fsp3) is 0.407. The molecule has 2 aliphatic heterocycles. The maximum Gasteiger partial charge on any atom is 0.166 e. The van der Waals surface area contributed by atoms with Crippen LogP contribution in [0.2, 0.25) is 0 Å². The van der Waals surface area contributed by atoms with Crippen LogP contribution in [-0.2, 0) is 11.2 Å². The third-order valence-corrected chi connectivity index (χ3v) is 6.79. The maximum absolute atomic E-state index is 14.5. The third-order valence-electron chi connectivity index (χ3n) is 6.79. The summed E-state index contributed by atoms with van der Waals surface area (Å²) in [7, 11) is 2.06. The predicted octanol–water partition coefficient (Wildman–Crippen LogP) is 5.52.